The van der Waals surface area contributed by atoms with Crippen molar-refractivity contribution in [2.45, 2.75) is 45.1 Å². The molecular formula is C21H32IN5. The second-order valence-corrected chi connectivity index (χ2v) is 8.23. The molecule has 1 aromatic carbocycles. The third-order valence-electron chi connectivity index (χ3n) is 5.17. The van der Waals surface area contributed by atoms with E-state index in [1.165, 1.54) is 16.7 Å². The molecule has 6 heteroatoms. The van der Waals surface area contributed by atoms with Crippen molar-refractivity contribution in [2.24, 2.45) is 12.0 Å². The van der Waals surface area contributed by atoms with Gasteiger partial charge in [-0.1, -0.05) is 45.0 Å². The Labute approximate surface area is 180 Å². The van der Waals surface area contributed by atoms with E-state index in [4.69, 9.17) is 0 Å². The highest BCUT2D eigenvalue weighted by atomic mass is 127. The first-order valence-corrected chi connectivity index (χ1v) is 9.40. The van der Waals surface area contributed by atoms with Gasteiger partial charge < -0.3 is 10.2 Å². The maximum absolute atomic E-state index is 4.49. The van der Waals surface area contributed by atoms with Crippen molar-refractivity contribution in [2.75, 3.05) is 20.1 Å². The maximum Gasteiger partial charge on any atom is 0.193 e. The van der Waals surface area contributed by atoms with Crippen molar-refractivity contribution in [1.29, 1.82) is 0 Å². The van der Waals surface area contributed by atoms with E-state index in [0.29, 0.717) is 5.92 Å². The van der Waals surface area contributed by atoms with Crippen LogP contribution in [0.5, 0.6) is 0 Å². The molecule has 0 aliphatic carbocycles. The lowest BCUT2D eigenvalue weighted by molar-refractivity contribution is 0.486. The normalized spacial score (nSPS) is 17.7. The van der Waals surface area contributed by atoms with Crippen LogP contribution in [0.4, 0.5) is 0 Å². The first-order chi connectivity index (χ1) is 12.4. The summed E-state index contributed by atoms with van der Waals surface area (Å²) in [5, 5.41) is 7.82. The van der Waals surface area contributed by atoms with Crippen molar-refractivity contribution < 1.29 is 0 Å². The number of halogens is 1. The molecule has 0 spiro atoms. The second-order valence-electron chi connectivity index (χ2n) is 8.23. The Hall–Kier alpha value is -1.57. The summed E-state index contributed by atoms with van der Waals surface area (Å²) < 4.78 is 1.88. The predicted molar refractivity (Wildman–Crippen MR) is 123 cm³/mol. The minimum absolute atomic E-state index is 0. The third kappa shape index (κ3) is 5.46. The van der Waals surface area contributed by atoms with Crippen LogP contribution in [0.15, 0.2) is 41.7 Å². The highest BCUT2D eigenvalue weighted by molar-refractivity contribution is 14.0. The fraction of sp³-hybridized carbons (Fsp3) is 0.524. The molecule has 5 nitrogen and oxygen atoms in total. The summed E-state index contributed by atoms with van der Waals surface area (Å²) >= 11 is 0. The first kappa shape index (κ1) is 21.7. The van der Waals surface area contributed by atoms with Gasteiger partial charge in [-0.2, -0.15) is 5.10 Å². The molecule has 0 amide bonds. The Morgan fingerprint density at radius 2 is 1.96 bits per heavy atom. The zero-order valence-electron chi connectivity index (χ0n) is 17.1. The Balaban J connectivity index is 0.00000261. The molecule has 1 aliphatic heterocycles. The van der Waals surface area contributed by atoms with E-state index in [1.54, 1.807) is 0 Å². The molecule has 3 rings (SSSR count). The topological polar surface area (TPSA) is 45.5 Å². The molecule has 1 aliphatic rings. The fourth-order valence-corrected chi connectivity index (χ4v) is 3.51. The summed E-state index contributed by atoms with van der Waals surface area (Å²) in [5.41, 5.74) is 4.16. The summed E-state index contributed by atoms with van der Waals surface area (Å²) in [5.74, 6) is 1.52. The number of aromatic nitrogens is 2. The average molecular weight is 481 g/mol. The summed E-state index contributed by atoms with van der Waals surface area (Å²) in [6, 6.07) is 8.88. The minimum atomic E-state index is 0. The van der Waals surface area contributed by atoms with Gasteiger partial charge in [-0.15, -0.1) is 24.0 Å². The van der Waals surface area contributed by atoms with Crippen molar-refractivity contribution in [1.82, 2.24) is 20.0 Å². The average Bonchev–Trinajstić information content (AvgIpc) is 3.24. The number of rotatable bonds is 3. The Morgan fingerprint density at radius 3 is 2.52 bits per heavy atom. The Kier molecular flexibility index (Phi) is 7.31. The van der Waals surface area contributed by atoms with Gasteiger partial charge in [0.25, 0.3) is 0 Å². The number of hydrogen-bond donors (Lipinski definition) is 1. The lowest BCUT2D eigenvalue weighted by Crippen LogP contribution is -2.39. The molecule has 1 aromatic heterocycles. The van der Waals surface area contributed by atoms with Gasteiger partial charge in [0.2, 0.25) is 0 Å². The monoisotopic (exact) mass is 481 g/mol. The summed E-state index contributed by atoms with van der Waals surface area (Å²) in [7, 11) is 3.84. The molecule has 2 aromatic rings. The van der Waals surface area contributed by atoms with Crippen molar-refractivity contribution in [3.8, 4) is 0 Å². The number of guanidine groups is 1. The molecule has 0 saturated carbocycles. The van der Waals surface area contributed by atoms with E-state index in [9.17, 15) is 0 Å². The summed E-state index contributed by atoms with van der Waals surface area (Å²) in [6.45, 7) is 9.55. The number of hydrogen-bond acceptors (Lipinski definition) is 2. The van der Waals surface area contributed by atoms with Gasteiger partial charge in [0.05, 0.1) is 6.20 Å². The number of aliphatic imine (C=N–C) groups is 1. The fourth-order valence-electron chi connectivity index (χ4n) is 3.51. The van der Waals surface area contributed by atoms with Crippen LogP contribution < -0.4 is 5.32 Å². The molecule has 148 valence electrons. The lowest BCUT2D eigenvalue weighted by Gasteiger charge is -2.22. The maximum atomic E-state index is 4.49. The van der Waals surface area contributed by atoms with Crippen LogP contribution in [-0.4, -0.2) is 40.8 Å². The SMILES string of the molecule is CN=C(NCc1ccc(C(C)(C)C)cc1)N1CCC(c2cnn(C)c2)C1.I. The van der Waals surface area contributed by atoms with Crippen molar-refractivity contribution in [3.05, 3.63) is 53.3 Å². The molecule has 27 heavy (non-hydrogen) atoms. The highest BCUT2D eigenvalue weighted by Gasteiger charge is 2.26. The Bertz CT molecular complexity index is 758. The molecule has 0 bridgehead atoms. The largest absolute Gasteiger partial charge is 0.352 e. The molecule has 1 atom stereocenters. The van der Waals surface area contributed by atoms with Crippen LogP contribution in [0.3, 0.4) is 0 Å². The number of benzene rings is 1. The van der Waals surface area contributed by atoms with Crippen molar-refractivity contribution in [3.63, 3.8) is 0 Å². The molecule has 1 fully saturated rings. The number of likely N-dealkylation sites (tertiary alicyclic amines) is 1. The van der Waals surface area contributed by atoms with Crippen LogP contribution >= 0.6 is 24.0 Å². The van der Waals surface area contributed by atoms with Crippen molar-refractivity contribution >= 4 is 29.9 Å². The van der Waals surface area contributed by atoms with Gasteiger partial charge in [-0.3, -0.25) is 9.67 Å². The minimum Gasteiger partial charge on any atom is -0.352 e. The van der Waals surface area contributed by atoms with Gasteiger partial charge in [0.15, 0.2) is 5.96 Å². The van der Waals surface area contributed by atoms with Gasteiger partial charge >= 0.3 is 0 Å². The summed E-state index contributed by atoms with van der Waals surface area (Å²) in [4.78, 5) is 6.83. The highest BCUT2D eigenvalue weighted by Crippen LogP contribution is 2.27. The quantitative estimate of drug-likeness (QED) is 0.411. The molecule has 2 heterocycles. The number of nitrogens with one attached hydrogen (secondary N) is 1. The van der Waals surface area contributed by atoms with Crippen LogP contribution in [0, 0.1) is 0 Å². The van der Waals surface area contributed by atoms with Crippen LogP contribution in [0.25, 0.3) is 0 Å². The van der Waals surface area contributed by atoms with E-state index in [1.807, 2.05) is 25.0 Å². The van der Waals surface area contributed by atoms with Crippen LogP contribution in [0.1, 0.15) is 49.8 Å². The molecule has 1 unspecified atom stereocenters. The van der Waals surface area contributed by atoms with Gasteiger partial charge in [0, 0.05) is 45.8 Å². The van der Waals surface area contributed by atoms with Gasteiger partial charge in [-0.25, -0.2) is 0 Å². The zero-order valence-corrected chi connectivity index (χ0v) is 19.4. The molecule has 1 saturated heterocycles. The summed E-state index contributed by atoms with van der Waals surface area (Å²) in [6.07, 6.45) is 5.26. The number of nitrogens with zero attached hydrogens (tertiary/aromatic N) is 4. The zero-order chi connectivity index (χ0) is 18.7. The van der Waals surface area contributed by atoms with E-state index in [0.717, 1.165) is 32.0 Å². The lowest BCUT2D eigenvalue weighted by atomic mass is 9.87. The van der Waals surface area contributed by atoms with Crippen LogP contribution in [0.2, 0.25) is 0 Å². The first-order valence-electron chi connectivity index (χ1n) is 9.40. The molecule has 1 N–H and O–H groups in total. The van der Waals surface area contributed by atoms with E-state index in [2.05, 4.69) is 71.5 Å². The van der Waals surface area contributed by atoms with E-state index in [-0.39, 0.29) is 29.4 Å². The molecule has 0 radical (unpaired) electrons. The van der Waals surface area contributed by atoms with Gasteiger partial charge in [-0.05, 0) is 28.5 Å². The Morgan fingerprint density at radius 1 is 1.26 bits per heavy atom. The van der Waals surface area contributed by atoms with Crippen LogP contribution in [-0.2, 0) is 19.0 Å². The van der Waals surface area contributed by atoms with E-state index >= 15 is 0 Å². The smallest absolute Gasteiger partial charge is 0.193 e. The standard InChI is InChI=1S/C21H31N5.HI/c1-21(2,3)19-8-6-16(7-9-19)12-23-20(22-4)26-11-10-17(15-26)18-13-24-25(5)14-18;/h6-9,13-14,17H,10-12,15H2,1-5H3,(H,22,23);1H. The predicted octanol–water partition coefficient (Wildman–Crippen LogP) is 3.90. The number of aryl methyl sites for hydroxylation is 1. The van der Waals surface area contributed by atoms with Gasteiger partial charge in [0.1, 0.15) is 0 Å². The molecular weight excluding hydrogens is 449 g/mol. The second kappa shape index (κ2) is 9.08. The third-order valence-corrected chi connectivity index (χ3v) is 5.17. The van der Waals surface area contributed by atoms with E-state index < -0.39 is 0 Å².